The smallest absolute Gasteiger partial charge is 0.247 e. The molecule has 0 aliphatic carbocycles. The van der Waals surface area contributed by atoms with Crippen LogP contribution in [0.25, 0.3) is 0 Å². The average molecular weight is 476 g/mol. The van der Waals surface area contributed by atoms with Gasteiger partial charge in [0.15, 0.2) is 5.82 Å². The number of nitrogens with zero attached hydrogens (tertiary/aromatic N) is 2. The summed E-state index contributed by atoms with van der Waals surface area (Å²) < 4.78 is 12.6. The molecule has 0 atom stereocenters. The Labute approximate surface area is 190 Å². The van der Waals surface area contributed by atoms with E-state index in [0.717, 1.165) is 0 Å². The SMILES string of the molecule is C=CC(=O)Nc1ccc(Cl)c(Nc2ncc(Cl)c(Nc3ccccc3P(C)(C)=O)n2)c1. The van der Waals surface area contributed by atoms with Crippen LogP contribution in [0.2, 0.25) is 10.0 Å². The maximum Gasteiger partial charge on any atom is 0.247 e. The molecule has 0 bridgehead atoms. The van der Waals surface area contributed by atoms with Crippen molar-refractivity contribution in [3.05, 3.63) is 71.4 Å². The molecule has 1 heterocycles. The Kier molecular flexibility index (Phi) is 7.01. The normalized spacial score (nSPS) is 11.0. The van der Waals surface area contributed by atoms with E-state index in [-0.39, 0.29) is 11.9 Å². The van der Waals surface area contributed by atoms with Crippen molar-refractivity contribution in [1.29, 1.82) is 0 Å². The van der Waals surface area contributed by atoms with Gasteiger partial charge in [-0.05, 0) is 49.7 Å². The monoisotopic (exact) mass is 475 g/mol. The van der Waals surface area contributed by atoms with Gasteiger partial charge in [-0.3, -0.25) is 4.79 Å². The molecule has 0 radical (unpaired) electrons. The lowest BCUT2D eigenvalue weighted by Crippen LogP contribution is -2.11. The van der Waals surface area contributed by atoms with Crippen molar-refractivity contribution >= 4 is 70.4 Å². The summed E-state index contributed by atoms with van der Waals surface area (Å²) in [6, 6.07) is 12.2. The highest BCUT2D eigenvalue weighted by Gasteiger charge is 2.17. The second kappa shape index (κ2) is 9.52. The first kappa shape index (κ1) is 22.8. The van der Waals surface area contributed by atoms with Gasteiger partial charge in [-0.15, -0.1) is 0 Å². The van der Waals surface area contributed by atoms with Gasteiger partial charge in [0.1, 0.15) is 12.2 Å². The largest absolute Gasteiger partial charge is 0.338 e. The predicted molar refractivity (Wildman–Crippen MR) is 129 cm³/mol. The van der Waals surface area contributed by atoms with Crippen LogP contribution in [0, 0.1) is 0 Å². The Balaban J connectivity index is 1.89. The number of hydrogen-bond donors (Lipinski definition) is 3. The second-order valence-corrected chi connectivity index (χ2v) is 10.9. The Morgan fingerprint density at radius 1 is 1.06 bits per heavy atom. The summed E-state index contributed by atoms with van der Waals surface area (Å²) in [4.78, 5) is 20.1. The number of benzene rings is 2. The zero-order valence-electron chi connectivity index (χ0n) is 16.8. The van der Waals surface area contributed by atoms with Crippen molar-refractivity contribution in [3.8, 4) is 0 Å². The number of hydrogen-bond acceptors (Lipinski definition) is 6. The summed E-state index contributed by atoms with van der Waals surface area (Å²) >= 11 is 12.5. The number of halogens is 2. The lowest BCUT2D eigenvalue weighted by Gasteiger charge is -2.16. The molecule has 0 aliphatic heterocycles. The maximum atomic E-state index is 12.6. The molecule has 10 heteroatoms. The molecule has 3 aromatic rings. The molecule has 3 N–H and O–H groups in total. The molecule has 0 unspecified atom stereocenters. The van der Waals surface area contributed by atoms with Crippen molar-refractivity contribution in [2.75, 3.05) is 29.3 Å². The van der Waals surface area contributed by atoms with Crippen molar-refractivity contribution in [2.24, 2.45) is 0 Å². The summed E-state index contributed by atoms with van der Waals surface area (Å²) in [5, 5.41) is 10.2. The molecule has 0 aliphatic rings. The highest BCUT2D eigenvalue weighted by atomic mass is 35.5. The van der Waals surface area contributed by atoms with Crippen LogP contribution in [0.3, 0.4) is 0 Å². The summed E-state index contributed by atoms with van der Waals surface area (Å²) in [5.41, 5.74) is 1.66. The molecule has 160 valence electrons. The van der Waals surface area contributed by atoms with E-state index in [4.69, 9.17) is 23.2 Å². The number of anilines is 5. The number of carbonyl (C=O) groups is 1. The number of aromatic nitrogens is 2. The fraction of sp³-hybridized carbons (Fsp3) is 0.0952. The average Bonchev–Trinajstić information content (AvgIpc) is 2.72. The Hall–Kier alpha value is -2.86. The van der Waals surface area contributed by atoms with E-state index in [2.05, 4.69) is 32.5 Å². The topological polar surface area (TPSA) is 96.0 Å². The van der Waals surface area contributed by atoms with Gasteiger partial charge in [-0.2, -0.15) is 4.98 Å². The Morgan fingerprint density at radius 2 is 1.81 bits per heavy atom. The van der Waals surface area contributed by atoms with Gasteiger partial charge >= 0.3 is 0 Å². The number of nitrogens with one attached hydrogen (secondary N) is 3. The van der Waals surface area contributed by atoms with Gasteiger partial charge < -0.3 is 20.5 Å². The van der Waals surface area contributed by atoms with Crippen LogP contribution < -0.4 is 21.3 Å². The zero-order chi connectivity index (χ0) is 22.6. The van der Waals surface area contributed by atoms with Crippen LogP contribution in [-0.2, 0) is 9.36 Å². The fourth-order valence-corrected chi connectivity index (χ4v) is 4.16. The summed E-state index contributed by atoms with van der Waals surface area (Å²) in [6.07, 6.45) is 2.61. The van der Waals surface area contributed by atoms with Gasteiger partial charge in [0.2, 0.25) is 11.9 Å². The summed E-state index contributed by atoms with van der Waals surface area (Å²) in [6.45, 7) is 6.82. The fourth-order valence-electron chi connectivity index (χ4n) is 2.70. The third-order valence-corrected chi connectivity index (χ3v) is 6.30. The minimum atomic E-state index is -2.52. The van der Waals surface area contributed by atoms with E-state index < -0.39 is 7.14 Å². The molecule has 0 spiro atoms. The summed E-state index contributed by atoms with van der Waals surface area (Å²) in [5.74, 6) is 0.229. The van der Waals surface area contributed by atoms with E-state index in [0.29, 0.717) is 38.2 Å². The van der Waals surface area contributed by atoms with Crippen LogP contribution in [0.4, 0.5) is 28.8 Å². The van der Waals surface area contributed by atoms with Gasteiger partial charge in [0, 0.05) is 11.0 Å². The molecule has 0 saturated heterocycles. The summed E-state index contributed by atoms with van der Waals surface area (Å²) in [7, 11) is -2.52. The first-order valence-electron chi connectivity index (χ1n) is 9.11. The third-order valence-electron chi connectivity index (χ3n) is 4.15. The first-order valence-corrected chi connectivity index (χ1v) is 12.5. The van der Waals surface area contributed by atoms with Crippen molar-refractivity contribution in [1.82, 2.24) is 9.97 Å². The number of amides is 1. The van der Waals surface area contributed by atoms with Crippen LogP contribution in [0.15, 0.2) is 61.3 Å². The number of rotatable bonds is 7. The van der Waals surface area contributed by atoms with Gasteiger partial charge in [-0.25, -0.2) is 4.98 Å². The van der Waals surface area contributed by atoms with Gasteiger partial charge in [-0.1, -0.05) is 41.9 Å². The molecule has 31 heavy (non-hydrogen) atoms. The Morgan fingerprint density at radius 3 is 2.52 bits per heavy atom. The van der Waals surface area contributed by atoms with E-state index >= 15 is 0 Å². The molecule has 0 saturated carbocycles. The predicted octanol–water partition coefficient (Wildman–Crippen LogP) is 5.64. The number of para-hydroxylation sites is 1. The van der Waals surface area contributed by atoms with Crippen molar-refractivity contribution in [2.45, 2.75) is 0 Å². The van der Waals surface area contributed by atoms with E-state index in [1.54, 1.807) is 37.6 Å². The van der Waals surface area contributed by atoms with Crippen LogP contribution in [0.1, 0.15) is 0 Å². The van der Waals surface area contributed by atoms with Crippen molar-refractivity contribution in [3.63, 3.8) is 0 Å². The van der Waals surface area contributed by atoms with Crippen LogP contribution in [0.5, 0.6) is 0 Å². The molecule has 7 nitrogen and oxygen atoms in total. The minimum Gasteiger partial charge on any atom is -0.338 e. The van der Waals surface area contributed by atoms with Crippen LogP contribution in [-0.4, -0.2) is 29.2 Å². The molecule has 3 rings (SSSR count). The Bertz CT molecular complexity index is 1200. The first-order chi connectivity index (χ1) is 14.7. The molecule has 2 aromatic carbocycles. The minimum absolute atomic E-state index is 0.231. The second-order valence-electron chi connectivity index (χ2n) is 6.90. The quantitative estimate of drug-likeness (QED) is 0.302. The third kappa shape index (κ3) is 5.85. The molecular weight excluding hydrogens is 456 g/mol. The van der Waals surface area contributed by atoms with Crippen molar-refractivity contribution < 1.29 is 9.36 Å². The highest BCUT2D eigenvalue weighted by Crippen LogP contribution is 2.38. The van der Waals surface area contributed by atoms with E-state index in [1.807, 2.05) is 18.2 Å². The molecule has 1 amide bonds. The lowest BCUT2D eigenvalue weighted by atomic mass is 10.2. The van der Waals surface area contributed by atoms with Gasteiger partial charge in [0.05, 0.1) is 22.6 Å². The molecule has 0 fully saturated rings. The van der Waals surface area contributed by atoms with E-state index in [9.17, 15) is 9.36 Å². The zero-order valence-corrected chi connectivity index (χ0v) is 19.2. The molecular formula is C21H20Cl2N5O2P. The molecule has 1 aromatic heterocycles. The van der Waals surface area contributed by atoms with Gasteiger partial charge in [0.25, 0.3) is 0 Å². The maximum absolute atomic E-state index is 12.6. The highest BCUT2D eigenvalue weighted by molar-refractivity contribution is 7.70. The standard InChI is InChI=1S/C21H20Cl2N5O2P/c1-4-19(29)25-13-9-10-14(22)17(11-13)27-21-24-12-15(23)20(28-21)26-16-7-5-6-8-18(16)31(2,3)30/h4-12H,1H2,2-3H3,(H,25,29)(H2,24,26,27,28). The van der Waals surface area contributed by atoms with Crippen LogP contribution >= 0.6 is 30.3 Å². The van der Waals surface area contributed by atoms with E-state index in [1.165, 1.54) is 12.3 Å². The lowest BCUT2D eigenvalue weighted by molar-refractivity contribution is -0.111. The number of carbonyl (C=O) groups excluding carboxylic acids is 1.